The van der Waals surface area contributed by atoms with E-state index < -0.39 is 24.5 Å². The van der Waals surface area contributed by atoms with Crippen molar-refractivity contribution in [3.8, 4) is 0 Å². The van der Waals surface area contributed by atoms with Gasteiger partial charge in [-0.05, 0) is 6.07 Å². The molecule has 0 aliphatic carbocycles. The first-order valence-corrected chi connectivity index (χ1v) is 6.11. The Morgan fingerprint density at radius 1 is 1.37 bits per heavy atom. The third-order valence-corrected chi connectivity index (χ3v) is 3.53. The van der Waals surface area contributed by atoms with Gasteiger partial charge >= 0.3 is 0 Å². The second-order valence-electron chi connectivity index (χ2n) is 4.35. The van der Waals surface area contributed by atoms with Gasteiger partial charge < -0.3 is 20.1 Å². The van der Waals surface area contributed by atoms with Crippen LogP contribution < -0.4 is 0 Å². The van der Waals surface area contributed by atoms with E-state index >= 15 is 0 Å². The van der Waals surface area contributed by atoms with Crippen LogP contribution in [-0.2, 0) is 4.74 Å². The van der Waals surface area contributed by atoms with Crippen molar-refractivity contribution in [1.29, 1.82) is 0 Å². The zero-order valence-corrected chi connectivity index (χ0v) is 10.5. The van der Waals surface area contributed by atoms with Crippen molar-refractivity contribution < 1.29 is 20.1 Å². The van der Waals surface area contributed by atoms with Crippen LogP contribution in [0.4, 0.5) is 0 Å². The van der Waals surface area contributed by atoms with Gasteiger partial charge in [0.2, 0.25) is 0 Å². The topological polar surface area (TPSA) is 101 Å². The quantitative estimate of drug-likeness (QED) is 0.700. The molecule has 8 heteroatoms. The second-order valence-corrected chi connectivity index (χ2v) is 4.76. The molecule has 1 aliphatic rings. The van der Waals surface area contributed by atoms with E-state index in [9.17, 15) is 10.2 Å². The maximum Gasteiger partial charge on any atom is 0.181 e. The number of fused-ring (bicyclic) bond motifs is 1. The van der Waals surface area contributed by atoms with Crippen molar-refractivity contribution in [1.82, 2.24) is 14.8 Å². The molecule has 3 rings (SSSR count). The molecule has 19 heavy (non-hydrogen) atoms. The summed E-state index contributed by atoms with van der Waals surface area (Å²) in [6.45, 7) is -0.387. The minimum Gasteiger partial charge on any atom is -0.394 e. The molecule has 3 heterocycles. The average Bonchev–Trinajstić information content (AvgIpc) is 2.94. The van der Waals surface area contributed by atoms with Crippen LogP contribution in [0.2, 0.25) is 5.02 Å². The van der Waals surface area contributed by atoms with Crippen molar-refractivity contribution in [3.05, 3.63) is 23.5 Å². The molecule has 1 saturated heterocycles. The van der Waals surface area contributed by atoms with Crippen molar-refractivity contribution in [2.75, 3.05) is 6.61 Å². The molecular weight excluding hydrogens is 274 g/mol. The normalized spacial score (nSPS) is 31.2. The van der Waals surface area contributed by atoms with E-state index in [1.165, 1.54) is 17.1 Å². The Labute approximate surface area is 113 Å². The average molecular weight is 286 g/mol. The van der Waals surface area contributed by atoms with Gasteiger partial charge in [-0.1, -0.05) is 11.6 Å². The lowest BCUT2D eigenvalue weighted by molar-refractivity contribution is -0.0566. The summed E-state index contributed by atoms with van der Waals surface area (Å²) in [5.41, 5.74) is 0.447. The first kappa shape index (κ1) is 12.8. The van der Waals surface area contributed by atoms with Gasteiger partial charge in [-0.2, -0.15) is 5.10 Å². The molecule has 0 bridgehead atoms. The highest BCUT2D eigenvalue weighted by molar-refractivity contribution is 6.35. The molecule has 0 spiro atoms. The number of pyridine rings is 1. The van der Waals surface area contributed by atoms with Crippen molar-refractivity contribution >= 4 is 22.6 Å². The molecule has 2 aromatic rings. The van der Waals surface area contributed by atoms with E-state index in [1.54, 1.807) is 6.07 Å². The van der Waals surface area contributed by atoms with E-state index in [2.05, 4.69) is 10.1 Å². The summed E-state index contributed by atoms with van der Waals surface area (Å²) in [6, 6.07) is 1.63. The van der Waals surface area contributed by atoms with E-state index in [-0.39, 0.29) is 6.61 Å². The third-order valence-electron chi connectivity index (χ3n) is 3.20. The largest absolute Gasteiger partial charge is 0.394 e. The molecule has 0 radical (unpaired) electrons. The molecule has 7 nitrogen and oxygen atoms in total. The van der Waals surface area contributed by atoms with Crippen LogP contribution in [0.15, 0.2) is 18.5 Å². The summed E-state index contributed by atoms with van der Waals surface area (Å²) in [6.07, 6.45) is -1.09. The molecular formula is C11H12ClN3O4. The Kier molecular flexibility index (Phi) is 3.15. The van der Waals surface area contributed by atoms with E-state index in [0.29, 0.717) is 16.1 Å². The van der Waals surface area contributed by atoms with Crippen molar-refractivity contribution in [3.63, 3.8) is 0 Å². The maximum atomic E-state index is 9.95. The van der Waals surface area contributed by atoms with Gasteiger partial charge in [0.15, 0.2) is 11.9 Å². The first-order valence-electron chi connectivity index (χ1n) is 5.73. The van der Waals surface area contributed by atoms with Crippen molar-refractivity contribution in [2.24, 2.45) is 0 Å². The molecule has 0 amide bonds. The highest BCUT2D eigenvalue weighted by Crippen LogP contribution is 2.32. The number of aliphatic hydroxyl groups excluding tert-OH is 3. The molecule has 2 aromatic heterocycles. The zero-order chi connectivity index (χ0) is 13.6. The van der Waals surface area contributed by atoms with Gasteiger partial charge in [0.05, 0.1) is 23.2 Å². The fraction of sp³-hybridized carbons (Fsp3) is 0.455. The lowest BCUT2D eigenvalue weighted by atomic mass is 10.1. The molecule has 1 fully saturated rings. The third kappa shape index (κ3) is 1.90. The summed E-state index contributed by atoms with van der Waals surface area (Å²) in [5, 5.41) is 33.9. The van der Waals surface area contributed by atoms with Crippen LogP contribution in [0, 0.1) is 0 Å². The Morgan fingerprint density at radius 2 is 2.16 bits per heavy atom. The molecule has 0 aromatic carbocycles. The maximum absolute atomic E-state index is 9.95. The predicted molar refractivity (Wildman–Crippen MR) is 65.5 cm³/mol. The van der Waals surface area contributed by atoms with E-state index in [0.717, 1.165) is 0 Å². The fourth-order valence-corrected chi connectivity index (χ4v) is 2.37. The Morgan fingerprint density at radius 3 is 2.84 bits per heavy atom. The summed E-state index contributed by atoms with van der Waals surface area (Å²) in [7, 11) is 0. The van der Waals surface area contributed by atoms with Crippen molar-refractivity contribution in [2.45, 2.75) is 24.5 Å². The SMILES string of the molecule is OC[C@H]1OC(n2ncc3c(Cl)ccnc32)[C@@H](O)[C@@H]1O. The molecule has 1 unspecified atom stereocenters. The Hall–Kier alpha value is -1.25. The number of ether oxygens (including phenoxy) is 1. The van der Waals surface area contributed by atoms with Gasteiger partial charge in [-0.15, -0.1) is 0 Å². The highest BCUT2D eigenvalue weighted by atomic mass is 35.5. The molecule has 102 valence electrons. The summed E-state index contributed by atoms with van der Waals surface area (Å²) in [5.74, 6) is 0. The second kappa shape index (κ2) is 4.69. The number of nitrogens with zero attached hydrogens (tertiary/aromatic N) is 3. The molecule has 3 N–H and O–H groups in total. The van der Waals surface area contributed by atoms with Gasteiger partial charge in [-0.3, -0.25) is 0 Å². The monoisotopic (exact) mass is 285 g/mol. The standard InChI is InChI=1S/C11H12ClN3O4/c12-6-1-2-13-10-5(6)3-14-15(10)11-9(18)8(17)7(4-16)19-11/h1-3,7-9,11,16-18H,4H2/t7-,8-,9+,11?/m1/s1. The lowest BCUT2D eigenvalue weighted by Gasteiger charge is -2.15. The Bertz CT molecular complexity index is 605. The van der Waals surface area contributed by atoms with Gasteiger partial charge in [-0.25, -0.2) is 9.67 Å². The lowest BCUT2D eigenvalue weighted by Crippen LogP contribution is -2.33. The Balaban J connectivity index is 2.04. The first-order chi connectivity index (χ1) is 9.13. The van der Waals surface area contributed by atoms with Crippen LogP contribution in [-0.4, -0.2) is 55.0 Å². The van der Waals surface area contributed by atoms with Gasteiger partial charge in [0.1, 0.15) is 18.3 Å². The number of aromatic nitrogens is 3. The predicted octanol–water partition coefficient (Wildman–Crippen LogP) is -0.304. The summed E-state index contributed by atoms with van der Waals surface area (Å²) in [4.78, 5) is 4.14. The molecule has 1 aliphatic heterocycles. The van der Waals surface area contributed by atoms with E-state index in [1.807, 2.05) is 0 Å². The minimum atomic E-state index is -1.19. The summed E-state index contributed by atoms with van der Waals surface area (Å²) >= 11 is 6.01. The number of hydrogen-bond acceptors (Lipinski definition) is 6. The number of rotatable bonds is 2. The van der Waals surface area contributed by atoms with Crippen LogP contribution in [0.5, 0.6) is 0 Å². The fourth-order valence-electron chi connectivity index (χ4n) is 2.18. The molecule has 0 saturated carbocycles. The number of halogens is 1. The smallest absolute Gasteiger partial charge is 0.181 e. The molecule has 4 atom stereocenters. The van der Waals surface area contributed by atoms with Gasteiger partial charge in [0.25, 0.3) is 0 Å². The summed E-state index contributed by atoms with van der Waals surface area (Å²) < 4.78 is 6.75. The number of hydrogen-bond donors (Lipinski definition) is 3. The zero-order valence-electron chi connectivity index (χ0n) is 9.72. The van der Waals surface area contributed by atoms with Gasteiger partial charge in [0, 0.05) is 6.20 Å². The number of aliphatic hydroxyl groups is 3. The van der Waals surface area contributed by atoms with Crippen LogP contribution in [0.3, 0.4) is 0 Å². The van der Waals surface area contributed by atoms with Crippen LogP contribution in [0.1, 0.15) is 6.23 Å². The minimum absolute atomic E-state index is 0.387. The van der Waals surface area contributed by atoms with Crippen LogP contribution >= 0.6 is 11.6 Å². The highest BCUT2D eigenvalue weighted by Gasteiger charge is 2.44. The van der Waals surface area contributed by atoms with E-state index in [4.69, 9.17) is 21.4 Å². The van der Waals surface area contributed by atoms with Crippen LogP contribution in [0.25, 0.3) is 11.0 Å².